The molecule has 0 amide bonds. The first kappa shape index (κ1) is 18.6. The fraction of sp³-hybridized carbons (Fsp3) is 0.250. The predicted octanol–water partition coefficient (Wildman–Crippen LogP) is 3.23. The zero-order chi connectivity index (χ0) is 18.9. The Morgan fingerprint density at radius 3 is 2.77 bits per heavy atom. The number of hydrogen-bond donors (Lipinski definition) is 1. The summed E-state index contributed by atoms with van der Waals surface area (Å²) in [4.78, 5) is 8.34. The number of alkyl halides is 3. The first-order valence-corrected chi connectivity index (χ1v) is 9.99. The van der Waals surface area contributed by atoms with Gasteiger partial charge in [0.25, 0.3) is 0 Å². The average Bonchev–Trinajstić information content (AvgIpc) is 2.95. The van der Waals surface area contributed by atoms with Crippen molar-refractivity contribution >= 4 is 40.4 Å². The summed E-state index contributed by atoms with van der Waals surface area (Å²) in [6, 6.07) is 4.42. The molecule has 0 saturated heterocycles. The summed E-state index contributed by atoms with van der Waals surface area (Å²) in [6.45, 7) is 0.242. The molecule has 0 radical (unpaired) electrons. The van der Waals surface area contributed by atoms with Gasteiger partial charge >= 0.3 is 14.9 Å². The number of anilines is 1. The quantitative estimate of drug-likeness (QED) is 0.669. The van der Waals surface area contributed by atoms with Crippen LogP contribution in [0.15, 0.2) is 30.6 Å². The van der Waals surface area contributed by atoms with E-state index < -0.39 is 20.4 Å². The van der Waals surface area contributed by atoms with Gasteiger partial charge in [-0.25, -0.2) is 4.98 Å². The lowest BCUT2D eigenvalue weighted by atomic mass is 10.1. The van der Waals surface area contributed by atoms with E-state index in [0.29, 0.717) is 5.56 Å². The van der Waals surface area contributed by atoms with Crippen molar-refractivity contribution < 1.29 is 22.4 Å². The molecule has 0 saturated carbocycles. The van der Waals surface area contributed by atoms with Gasteiger partial charge in [0.15, 0.2) is 0 Å². The number of aromatic nitrogens is 2. The van der Waals surface area contributed by atoms with Crippen LogP contribution in [0.3, 0.4) is 0 Å². The third-order valence-corrected chi connectivity index (χ3v) is 7.08. The average molecular weight is 397 g/mol. The Morgan fingerprint density at radius 1 is 1.38 bits per heavy atom. The minimum atomic E-state index is -4.62. The molecule has 0 aromatic carbocycles. The first-order chi connectivity index (χ1) is 12.3. The molecule has 0 unspecified atom stereocenters. The summed E-state index contributed by atoms with van der Waals surface area (Å²) in [5.41, 5.74) is 5.55. The van der Waals surface area contributed by atoms with E-state index in [4.69, 9.17) is 10.5 Å². The maximum atomic E-state index is 13.6. The second kappa shape index (κ2) is 7.21. The predicted molar refractivity (Wildman–Crippen MR) is 95.0 cm³/mol. The summed E-state index contributed by atoms with van der Waals surface area (Å²) in [6.07, 6.45) is -1.66. The second-order valence-electron chi connectivity index (χ2n) is 5.49. The van der Waals surface area contributed by atoms with Gasteiger partial charge < -0.3 is 14.9 Å². The van der Waals surface area contributed by atoms with Gasteiger partial charge in [-0.15, -0.1) is 11.3 Å². The monoisotopic (exact) mass is 397 g/mol. The van der Waals surface area contributed by atoms with Crippen LogP contribution in [-0.2, 0) is 15.4 Å². The topological polar surface area (TPSA) is 78.1 Å². The molecule has 0 fully saturated rings. The molecule has 3 rings (SSSR count). The number of thiophene rings is 1. The van der Waals surface area contributed by atoms with Crippen molar-refractivity contribution in [2.75, 3.05) is 19.5 Å². The van der Waals surface area contributed by atoms with Gasteiger partial charge in [0.2, 0.25) is 0 Å². The van der Waals surface area contributed by atoms with Gasteiger partial charge in [-0.05, 0) is 18.2 Å². The van der Waals surface area contributed by atoms with Crippen molar-refractivity contribution in [1.29, 1.82) is 0 Å². The summed E-state index contributed by atoms with van der Waals surface area (Å²) >= 11 is 0.942. The molecule has 0 atom stereocenters. The fourth-order valence-corrected chi connectivity index (χ4v) is 5.49. The molecule has 0 spiro atoms. The zero-order valence-electron chi connectivity index (χ0n) is 13.6. The number of rotatable bonds is 5. The van der Waals surface area contributed by atoms with Crippen LogP contribution in [0.5, 0.6) is 0 Å². The Balaban J connectivity index is 2.23. The van der Waals surface area contributed by atoms with Crippen LogP contribution in [-0.4, -0.2) is 32.4 Å². The molecular weight excluding hydrogens is 383 g/mol. The molecule has 3 heterocycles. The van der Waals surface area contributed by atoms with Gasteiger partial charge in [-0.3, -0.25) is 4.98 Å². The maximum absolute atomic E-state index is 13.6. The lowest BCUT2D eigenvalue weighted by Crippen LogP contribution is -2.21. The van der Waals surface area contributed by atoms with E-state index in [1.54, 1.807) is 12.1 Å². The van der Waals surface area contributed by atoms with E-state index in [0.717, 1.165) is 17.4 Å². The van der Waals surface area contributed by atoms with Crippen LogP contribution < -0.4 is 10.2 Å². The minimum absolute atomic E-state index is 0.109. The van der Waals surface area contributed by atoms with Crippen molar-refractivity contribution in [3.8, 4) is 11.3 Å². The summed E-state index contributed by atoms with van der Waals surface area (Å²) in [5.74, 6) is 0. The van der Waals surface area contributed by atoms with E-state index in [1.807, 2.05) is 0 Å². The van der Waals surface area contributed by atoms with Crippen molar-refractivity contribution in [3.05, 3.63) is 36.2 Å². The third-order valence-electron chi connectivity index (χ3n) is 3.75. The lowest BCUT2D eigenvalue weighted by Gasteiger charge is -2.11. The molecule has 136 valence electrons. The Morgan fingerprint density at radius 2 is 2.15 bits per heavy atom. The Hall–Kier alpha value is -2.17. The number of methoxy groups -OCH3 is 1. The number of pyridine rings is 2. The molecule has 0 aliphatic rings. The van der Waals surface area contributed by atoms with Crippen LogP contribution in [0.4, 0.5) is 18.9 Å². The number of ether oxygens (including phenoxy) is 1. The Labute approximate surface area is 152 Å². The standard InChI is InChI=1S/C16H14F3N3O2SSi/c1-24-5-6-26(23)15-13(20)12-10(16(17,18)19)7-11(22-14(12)25-15)9-3-2-4-21-8-9/h2-4,7-8H,5-6,20H2,1H3. The molecule has 5 nitrogen and oxygen atoms in total. The minimum Gasteiger partial charge on any atom is -0.397 e. The third kappa shape index (κ3) is 3.52. The molecule has 0 bridgehead atoms. The first-order valence-electron chi connectivity index (χ1n) is 7.55. The van der Waals surface area contributed by atoms with E-state index in [9.17, 15) is 17.6 Å². The smallest absolute Gasteiger partial charge is 0.397 e. The SMILES string of the molecule is COCC[Si](=O)c1sc2nc(-c3cccnc3)cc(C(F)(F)F)c2c1N. The number of hydrogen-bond acceptors (Lipinski definition) is 6. The number of fused-ring (bicyclic) bond motifs is 1. The molecule has 3 aromatic heterocycles. The van der Waals surface area contributed by atoms with Crippen molar-refractivity contribution in [2.24, 2.45) is 0 Å². The van der Waals surface area contributed by atoms with Crippen LogP contribution in [0.1, 0.15) is 5.56 Å². The molecule has 0 aliphatic carbocycles. The normalized spacial score (nSPS) is 11.8. The Kier molecular flexibility index (Phi) is 5.16. The van der Waals surface area contributed by atoms with Crippen LogP contribution in [0.2, 0.25) is 6.04 Å². The van der Waals surface area contributed by atoms with Crippen LogP contribution in [0, 0.1) is 0 Å². The summed E-state index contributed by atoms with van der Waals surface area (Å²) in [7, 11) is -0.895. The number of nitrogen functional groups attached to an aromatic ring is 1. The van der Waals surface area contributed by atoms with Crippen molar-refractivity contribution in [3.63, 3.8) is 0 Å². The van der Waals surface area contributed by atoms with Gasteiger partial charge in [-0.2, -0.15) is 13.2 Å². The highest BCUT2D eigenvalue weighted by molar-refractivity contribution is 7.28. The van der Waals surface area contributed by atoms with E-state index in [2.05, 4.69) is 9.97 Å². The molecule has 0 aliphatic heterocycles. The van der Waals surface area contributed by atoms with Crippen molar-refractivity contribution in [2.45, 2.75) is 12.2 Å². The second-order valence-corrected chi connectivity index (χ2v) is 8.69. The molecule has 2 N–H and O–H groups in total. The fourth-order valence-electron chi connectivity index (χ4n) is 2.52. The van der Waals surface area contributed by atoms with E-state index in [1.165, 1.54) is 19.5 Å². The molecular formula is C16H14F3N3O2SSi. The lowest BCUT2D eigenvalue weighted by molar-refractivity contribution is -0.136. The van der Waals surface area contributed by atoms with E-state index in [-0.39, 0.29) is 38.7 Å². The highest BCUT2D eigenvalue weighted by atomic mass is 32.1. The highest BCUT2D eigenvalue weighted by Gasteiger charge is 2.36. The maximum Gasteiger partial charge on any atom is 0.417 e. The van der Waals surface area contributed by atoms with Gasteiger partial charge in [0, 0.05) is 36.5 Å². The molecule has 10 heteroatoms. The van der Waals surface area contributed by atoms with Gasteiger partial charge in [-0.1, -0.05) is 0 Å². The van der Waals surface area contributed by atoms with Crippen LogP contribution in [0.25, 0.3) is 21.5 Å². The van der Waals surface area contributed by atoms with E-state index >= 15 is 0 Å². The number of halogens is 3. The molecule has 26 heavy (non-hydrogen) atoms. The number of nitrogens with zero attached hydrogens (tertiary/aromatic N) is 2. The van der Waals surface area contributed by atoms with Gasteiger partial charge in [0.05, 0.1) is 28.1 Å². The zero-order valence-corrected chi connectivity index (χ0v) is 15.4. The molecule has 3 aromatic rings. The summed E-state index contributed by atoms with van der Waals surface area (Å²) in [5, 5.41) is -0.194. The number of nitrogens with two attached hydrogens (primary N) is 1. The van der Waals surface area contributed by atoms with Gasteiger partial charge in [0.1, 0.15) is 4.83 Å². The largest absolute Gasteiger partial charge is 0.417 e. The Bertz CT molecular complexity index is 961. The van der Waals surface area contributed by atoms with Crippen LogP contribution >= 0.6 is 11.3 Å². The summed E-state index contributed by atoms with van der Waals surface area (Å²) < 4.78 is 58.4. The van der Waals surface area contributed by atoms with Crippen molar-refractivity contribution in [1.82, 2.24) is 9.97 Å². The highest BCUT2D eigenvalue weighted by Crippen LogP contribution is 2.40.